The second kappa shape index (κ2) is 7.71. The van der Waals surface area contributed by atoms with E-state index >= 15 is 0 Å². The molecule has 1 saturated heterocycles. The molecule has 5 rings (SSSR count). The highest BCUT2D eigenvalue weighted by Crippen LogP contribution is 2.26. The minimum absolute atomic E-state index is 0.0155. The van der Waals surface area contributed by atoms with E-state index in [-0.39, 0.29) is 17.2 Å². The maximum atomic E-state index is 12.8. The highest BCUT2D eigenvalue weighted by Gasteiger charge is 2.37. The lowest BCUT2D eigenvalue weighted by atomic mass is 10.0. The molecule has 10 heteroatoms. The molecule has 4 aromatic rings. The zero-order chi connectivity index (χ0) is 21.4. The molecule has 3 aromatic heterocycles. The summed E-state index contributed by atoms with van der Waals surface area (Å²) in [5.41, 5.74) is 2.29. The number of benzene rings is 1. The van der Waals surface area contributed by atoms with Gasteiger partial charge in [-0.15, -0.1) is 0 Å². The van der Waals surface area contributed by atoms with E-state index < -0.39 is 10.0 Å². The Kier molecular flexibility index (Phi) is 4.87. The predicted molar refractivity (Wildman–Crippen MR) is 113 cm³/mol. The van der Waals surface area contributed by atoms with E-state index in [9.17, 15) is 13.2 Å². The van der Waals surface area contributed by atoms with Crippen molar-refractivity contribution in [1.29, 1.82) is 0 Å². The van der Waals surface area contributed by atoms with Crippen molar-refractivity contribution in [3.63, 3.8) is 0 Å². The Hall–Kier alpha value is -3.37. The molecule has 0 atom stereocenters. The van der Waals surface area contributed by atoms with Gasteiger partial charge in [-0.25, -0.2) is 17.4 Å². The molecular formula is C21H19N5O4S. The summed E-state index contributed by atoms with van der Waals surface area (Å²) in [6.45, 7) is 1.04. The lowest BCUT2D eigenvalue weighted by Gasteiger charge is -2.37. The number of hydrogen-bond donors (Lipinski definition) is 0. The van der Waals surface area contributed by atoms with Crippen LogP contribution in [0.1, 0.15) is 5.69 Å². The normalized spacial score (nSPS) is 15.2. The molecule has 0 radical (unpaired) electrons. The summed E-state index contributed by atoms with van der Waals surface area (Å²) in [7, 11) is -3.53. The first kappa shape index (κ1) is 19.6. The molecule has 4 heterocycles. The summed E-state index contributed by atoms with van der Waals surface area (Å²) < 4.78 is 33.6. The number of aromatic nitrogens is 4. The van der Waals surface area contributed by atoms with Gasteiger partial charge in [-0.3, -0.25) is 9.78 Å². The Balaban J connectivity index is 1.26. The summed E-state index contributed by atoms with van der Waals surface area (Å²) >= 11 is 0. The van der Waals surface area contributed by atoms with E-state index in [2.05, 4.69) is 15.2 Å². The summed E-state index contributed by atoms with van der Waals surface area (Å²) in [5.74, 6) is -0.200. The van der Waals surface area contributed by atoms with E-state index in [1.165, 1.54) is 15.1 Å². The van der Waals surface area contributed by atoms with Crippen molar-refractivity contribution in [2.45, 2.75) is 12.3 Å². The van der Waals surface area contributed by atoms with Gasteiger partial charge in [0.2, 0.25) is 10.0 Å². The van der Waals surface area contributed by atoms with Gasteiger partial charge in [0.05, 0.1) is 12.2 Å². The Bertz CT molecular complexity index is 1390. The Morgan fingerprint density at radius 2 is 1.81 bits per heavy atom. The van der Waals surface area contributed by atoms with Gasteiger partial charge in [0.1, 0.15) is 11.4 Å². The molecule has 1 fully saturated rings. The number of rotatable bonds is 6. The van der Waals surface area contributed by atoms with Crippen molar-refractivity contribution in [1.82, 2.24) is 24.2 Å². The minimum atomic E-state index is -3.53. The quantitative estimate of drug-likeness (QED) is 0.453. The average Bonchev–Trinajstić information content (AvgIpc) is 3.14. The van der Waals surface area contributed by atoms with Gasteiger partial charge in [0.15, 0.2) is 5.58 Å². The van der Waals surface area contributed by atoms with Crippen molar-refractivity contribution < 1.29 is 12.9 Å². The van der Waals surface area contributed by atoms with E-state index in [0.29, 0.717) is 42.0 Å². The maximum absolute atomic E-state index is 12.8. The van der Waals surface area contributed by atoms with Gasteiger partial charge in [-0.2, -0.15) is 5.10 Å². The van der Waals surface area contributed by atoms with Crippen LogP contribution in [-0.4, -0.2) is 45.7 Å². The molecule has 31 heavy (non-hydrogen) atoms. The van der Waals surface area contributed by atoms with Gasteiger partial charge in [0.25, 0.3) is 5.56 Å². The third kappa shape index (κ3) is 3.87. The van der Waals surface area contributed by atoms with E-state index in [1.54, 1.807) is 30.6 Å². The fraction of sp³-hybridized carbons (Fsp3) is 0.238. The number of hydrogen-bond acceptors (Lipinski definition) is 7. The summed E-state index contributed by atoms with van der Waals surface area (Å²) in [6, 6.07) is 14.0. The van der Waals surface area contributed by atoms with Crippen LogP contribution in [-0.2, 0) is 22.3 Å². The predicted octanol–water partition coefficient (Wildman–Crippen LogP) is 1.91. The van der Waals surface area contributed by atoms with Crippen molar-refractivity contribution in [3.8, 4) is 11.3 Å². The number of nitrogens with zero attached hydrogens (tertiary/aromatic N) is 5. The van der Waals surface area contributed by atoms with E-state index in [4.69, 9.17) is 4.52 Å². The molecule has 0 N–H and O–H groups in total. The van der Waals surface area contributed by atoms with E-state index in [0.717, 1.165) is 5.56 Å². The smallest absolute Gasteiger partial charge is 0.266 e. The van der Waals surface area contributed by atoms with Gasteiger partial charge >= 0.3 is 0 Å². The van der Waals surface area contributed by atoms with Crippen LogP contribution in [0.3, 0.4) is 0 Å². The lowest BCUT2D eigenvalue weighted by molar-refractivity contribution is 0.172. The highest BCUT2D eigenvalue weighted by atomic mass is 32.2. The van der Waals surface area contributed by atoms with Crippen LogP contribution < -0.4 is 5.56 Å². The molecule has 0 bridgehead atoms. The minimum Gasteiger partial charge on any atom is -0.356 e. The molecular weight excluding hydrogens is 418 g/mol. The number of pyridine rings is 1. The van der Waals surface area contributed by atoms with Gasteiger partial charge in [-0.1, -0.05) is 17.3 Å². The topological polar surface area (TPSA) is 111 Å². The van der Waals surface area contributed by atoms with Crippen LogP contribution >= 0.6 is 0 Å². The first-order valence-corrected chi connectivity index (χ1v) is 11.4. The van der Waals surface area contributed by atoms with Crippen molar-refractivity contribution in [3.05, 3.63) is 77.0 Å². The number of fused-ring (bicyclic) bond motifs is 1. The molecule has 0 unspecified atom stereocenters. The third-order valence-electron chi connectivity index (χ3n) is 5.36. The van der Waals surface area contributed by atoms with Crippen molar-refractivity contribution >= 4 is 21.0 Å². The SMILES string of the molecule is O=c1ccc(-c2ccncc2)nn1CC1CN(S(=O)(=O)Cc2noc3ccccc23)C1. The van der Waals surface area contributed by atoms with E-state index in [1.807, 2.05) is 24.3 Å². The first-order valence-electron chi connectivity index (χ1n) is 9.79. The third-order valence-corrected chi connectivity index (χ3v) is 7.09. The molecule has 1 aliphatic heterocycles. The van der Waals surface area contributed by atoms with Crippen LogP contribution in [0.2, 0.25) is 0 Å². The average molecular weight is 437 g/mol. The summed E-state index contributed by atoms with van der Waals surface area (Å²) in [4.78, 5) is 16.2. The monoisotopic (exact) mass is 437 g/mol. The molecule has 0 spiro atoms. The van der Waals surface area contributed by atoms with Gasteiger partial charge in [0, 0.05) is 48.4 Å². The van der Waals surface area contributed by atoms with Crippen LogP contribution in [0.25, 0.3) is 22.2 Å². The van der Waals surface area contributed by atoms with Gasteiger partial charge in [-0.05, 0) is 30.3 Å². The maximum Gasteiger partial charge on any atom is 0.266 e. The zero-order valence-electron chi connectivity index (χ0n) is 16.5. The Labute approximate surface area is 178 Å². The highest BCUT2D eigenvalue weighted by molar-refractivity contribution is 7.88. The van der Waals surface area contributed by atoms with Crippen LogP contribution in [0, 0.1) is 5.92 Å². The zero-order valence-corrected chi connectivity index (χ0v) is 17.3. The van der Waals surface area contributed by atoms with Crippen molar-refractivity contribution in [2.75, 3.05) is 13.1 Å². The summed E-state index contributed by atoms with van der Waals surface area (Å²) in [5, 5.41) is 9.05. The van der Waals surface area contributed by atoms with Crippen molar-refractivity contribution in [2.24, 2.45) is 5.92 Å². The Morgan fingerprint density at radius 3 is 2.61 bits per heavy atom. The number of sulfonamides is 1. The molecule has 9 nitrogen and oxygen atoms in total. The lowest BCUT2D eigenvalue weighted by Crippen LogP contribution is -2.52. The fourth-order valence-corrected chi connectivity index (χ4v) is 5.28. The number of para-hydroxylation sites is 1. The largest absolute Gasteiger partial charge is 0.356 e. The second-order valence-corrected chi connectivity index (χ2v) is 9.51. The molecule has 0 amide bonds. The molecule has 0 saturated carbocycles. The van der Waals surface area contributed by atoms with Crippen LogP contribution in [0.4, 0.5) is 0 Å². The van der Waals surface area contributed by atoms with Gasteiger partial charge < -0.3 is 4.52 Å². The summed E-state index contributed by atoms with van der Waals surface area (Å²) in [6.07, 6.45) is 3.33. The molecule has 158 valence electrons. The second-order valence-electron chi connectivity index (χ2n) is 7.54. The molecule has 1 aliphatic rings. The molecule has 0 aliphatic carbocycles. The molecule has 1 aromatic carbocycles. The standard InChI is InChI=1S/C21H19N5O4S/c27-21-6-5-18(16-7-9-22-10-8-16)23-26(21)13-15-11-25(12-15)31(28,29)14-19-17-3-1-2-4-20(17)30-24-19/h1-10,15H,11-14H2. The van der Waals surface area contributed by atoms with Crippen LogP contribution in [0.15, 0.2) is 70.2 Å². The fourth-order valence-electron chi connectivity index (χ4n) is 3.67. The van der Waals surface area contributed by atoms with Crippen LogP contribution in [0.5, 0.6) is 0 Å². The first-order chi connectivity index (χ1) is 15.0. The Morgan fingerprint density at radius 1 is 1.03 bits per heavy atom.